The van der Waals surface area contributed by atoms with Crippen molar-refractivity contribution >= 4 is 6.03 Å². The number of carbonyl (C=O) groups is 1. The van der Waals surface area contributed by atoms with Gasteiger partial charge in [-0.3, -0.25) is 9.36 Å². The predicted octanol–water partition coefficient (Wildman–Crippen LogP) is 2.60. The lowest BCUT2D eigenvalue weighted by molar-refractivity contribution is 0.178. The number of carbonyl (C=O) groups excluding carboxylic acids is 1. The summed E-state index contributed by atoms with van der Waals surface area (Å²) in [5, 5.41) is 11.7. The zero-order valence-electron chi connectivity index (χ0n) is 15.6. The first-order valence-corrected chi connectivity index (χ1v) is 9.05. The Morgan fingerprint density at radius 3 is 2.60 bits per heavy atom. The van der Waals surface area contributed by atoms with Crippen molar-refractivity contribution in [1.82, 2.24) is 29.8 Å². The van der Waals surface area contributed by atoms with Crippen LogP contribution >= 0.6 is 0 Å². The fraction of sp³-hybridized carbons (Fsp3) is 0.611. The van der Waals surface area contributed by atoms with Gasteiger partial charge in [-0.05, 0) is 45.1 Å². The van der Waals surface area contributed by atoms with E-state index in [0.717, 1.165) is 43.7 Å². The molecular formula is C18H28N6O. The van der Waals surface area contributed by atoms with E-state index in [2.05, 4.69) is 28.6 Å². The second-order valence-corrected chi connectivity index (χ2v) is 6.87. The lowest BCUT2D eigenvalue weighted by Crippen LogP contribution is -2.44. The number of nitrogens with one attached hydrogen (secondary N) is 1. The normalized spacial score (nSPS) is 16.9. The van der Waals surface area contributed by atoms with Crippen LogP contribution in [0.1, 0.15) is 55.5 Å². The summed E-state index contributed by atoms with van der Waals surface area (Å²) in [6, 6.07) is -0.0276. The number of amides is 2. The standard InChI is InChI=1S/C18H28N6O/c1-5-24-12-16(10-20-24)15-6-8-23(9-7-15)18(25)21-13(2)17-11-19-22(4)14(17)3/h10-13,15H,5-9H2,1-4H3,(H,21,25). The number of hydrogen-bond acceptors (Lipinski definition) is 3. The molecule has 0 spiro atoms. The third kappa shape index (κ3) is 3.70. The van der Waals surface area contributed by atoms with Gasteiger partial charge in [-0.2, -0.15) is 10.2 Å². The summed E-state index contributed by atoms with van der Waals surface area (Å²) < 4.78 is 3.80. The minimum Gasteiger partial charge on any atom is -0.331 e. The Labute approximate surface area is 149 Å². The molecule has 2 aromatic rings. The molecule has 136 valence electrons. The van der Waals surface area contributed by atoms with Gasteiger partial charge < -0.3 is 10.2 Å². The first-order chi connectivity index (χ1) is 12.0. The first kappa shape index (κ1) is 17.5. The van der Waals surface area contributed by atoms with Crippen LogP contribution in [0.5, 0.6) is 0 Å². The second kappa shape index (κ2) is 7.29. The molecule has 7 heteroatoms. The molecule has 7 nitrogen and oxygen atoms in total. The van der Waals surface area contributed by atoms with E-state index in [4.69, 9.17) is 0 Å². The number of aromatic nitrogens is 4. The Morgan fingerprint density at radius 2 is 2.04 bits per heavy atom. The molecule has 1 unspecified atom stereocenters. The van der Waals surface area contributed by atoms with E-state index in [9.17, 15) is 4.79 Å². The van der Waals surface area contributed by atoms with Gasteiger partial charge >= 0.3 is 6.03 Å². The maximum absolute atomic E-state index is 12.6. The molecule has 0 aliphatic carbocycles. The van der Waals surface area contributed by atoms with Crippen molar-refractivity contribution in [2.45, 2.75) is 52.1 Å². The molecule has 0 saturated carbocycles. The van der Waals surface area contributed by atoms with Crippen LogP contribution in [-0.2, 0) is 13.6 Å². The van der Waals surface area contributed by atoms with Gasteiger partial charge in [0.2, 0.25) is 0 Å². The molecular weight excluding hydrogens is 316 g/mol. The summed E-state index contributed by atoms with van der Waals surface area (Å²) >= 11 is 0. The Bertz CT molecular complexity index is 726. The lowest BCUT2D eigenvalue weighted by Gasteiger charge is -2.32. The minimum atomic E-state index is -0.0401. The topological polar surface area (TPSA) is 68.0 Å². The van der Waals surface area contributed by atoms with Gasteiger partial charge in [-0.15, -0.1) is 0 Å². The highest BCUT2D eigenvalue weighted by Crippen LogP contribution is 2.28. The Kier molecular flexibility index (Phi) is 5.11. The number of piperidine rings is 1. The van der Waals surface area contributed by atoms with Gasteiger partial charge in [0.1, 0.15) is 0 Å². The van der Waals surface area contributed by atoms with E-state index in [1.165, 1.54) is 5.56 Å². The monoisotopic (exact) mass is 344 g/mol. The highest BCUT2D eigenvalue weighted by atomic mass is 16.2. The van der Waals surface area contributed by atoms with Crippen LogP contribution in [0.2, 0.25) is 0 Å². The van der Waals surface area contributed by atoms with Crippen molar-refractivity contribution in [3.8, 4) is 0 Å². The summed E-state index contributed by atoms with van der Waals surface area (Å²) in [5.74, 6) is 0.502. The van der Waals surface area contributed by atoms with Gasteiger partial charge in [0, 0.05) is 44.1 Å². The highest BCUT2D eigenvalue weighted by Gasteiger charge is 2.26. The molecule has 1 atom stereocenters. The van der Waals surface area contributed by atoms with E-state index >= 15 is 0 Å². The van der Waals surface area contributed by atoms with Gasteiger partial charge in [0.15, 0.2) is 0 Å². The van der Waals surface area contributed by atoms with E-state index in [1.807, 2.05) is 47.6 Å². The average molecular weight is 344 g/mol. The number of rotatable bonds is 4. The molecule has 25 heavy (non-hydrogen) atoms. The summed E-state index contributed by atoms with van der Waals surface area (Å²) in [5.41, 5.74) is 3.44. The zero-order valence-corrected chi connectivity index (χ0v) is 15.6. The Hall–Kier alpha value is -2.31. The van der Waals surface area contributed by atoms with Crippen molar-refractivity contribution in [3.05, 3.63) is 35.4 Å². The van der Waals surface area contributed by atoms with Gasteiger partial charge in [-0.1, -0.05) is 0 Å². The third-order valence-electron chi connectivity index (χ3n) is 5.31. The zero-order chi connectivity index (χ0) is 18.0. The third-order valence-corrected chi connectivity index (χ3v) is 5.31. The number of aryl methyl sites for hydroxylation is 2. The van der Waals surface area contributed by atoms with Crippen LogP contribution in [0.25, 0.3) is 0 Å². The molecule has 0 radical (unpaired) electrons. The van der Waals surface area contributed by atoms with Crippen LogP contribution in [0.15, 0.2) is 18.6 Å². The second-order valence-electron chi connectivity index (χ2n) is 6.87. The minimum absolute atomic E-state index is 0.0125. The van der Waals surface area contributed by atoms with Crippen LogP contribution in [0, 0.1) is 6.92 Å². The smallest absolute Gasteiger partial charge is 0.317 e. The quantitative estimate of drug-likeness (QED) is 0.927. The van der Waals surface area contributed by atoms with Crippen molar-refractivity contribution < 1.29 is 4.79 Å². The van der Waals surface area contributed by atoms with Crippen molar-refractivity contribution in [2.24, 2.45) is 7.05 Å². The molecule has 3 heterocycles. The largest absolute Gasteiger partial charge is 0.331 e. The maximum atomic E-state index is 12.6. The van der Waals surface area contributed by atoms with Crippen LogP contribution in [-0.4, -0.2) is 43.6 Å². The molecule has 0 aromatic carbocycles. The fourth-order valence-corrected chi connectivity index (χ4v) is 3.47. The predicted molar refractivity (Wildman–Crippen MR) is 96.3 cm³/mol. The molecule has 1 aliphatic heterocycles. The number of likely N-dealkylation sites (tertiary alicyclic amines) is 1. The number of nitrogens with zero attached hydrogens (tertiary/aromatic N) is 5. The van der Waals surface area contributed by atoms with E-state index in [-0.39, 0.29) is 12.1 Å². The summed E-state index contributed by atoms with van der Waals surface area (Å²) in [6.45, 7) is 8.58. The summed E-state index contributed by atoms with van der Waals surface area (Å²) in [6.07, 6.45) is 7.91. The SMILES string of the molecule is CCn1cc(C2CCN(C(=O)NC(C)c3cnn(C)c3C)CC2)cn1. The van der Waals surface area contributed by atoms with E-state index < -0.39 is 0 Å². The summed E-state index contributed by atoms with van der Waals surface area (Å²) in [7, 11) is 1.92. The molecule has 0 bridgehead atoms. The molecule has 1 fully saturated rings. The van der Waals surface area contributed by atoms with Crippen molar-refractivity contribution in [3.63, 3.8) is 0 Å². The Balaban J connectivity index is 1.53. The average Bonchev–Trinajstić information content (AvgIpc) is 3.22. The molecule has 1 N–H and O–H groups in total. The number of hydrogen-bond donors (Lipinski definition) is 1. The van der Waals surface area contributed by atoms with E-state index in [1.54, 1.807) is 0 Å². The van der Waals surface area contributed by atoms with Gasteiger partial charge in [0.05, 0.1) is 18.4 Å². The highest BCUT2D eigenvalue weighted by molar-refractivity contribution is 5.74. The van der Waals surface area contributed by atoms with Gasteiger partial charge in [0.25, 0.3) is 0 Å². The van der Waals surface area contributed by atoms with Crippen molar-refractivity contribution in [1.29, 1.82) is 0 Å². The first-order valence-electron chi connectivity index (χ1n) is 9.05. The molecule has 3 rings (SSSR count). The van der Waals surface area contributed by atoms with Crippen LogP contribution in [0.3, 0.4) is 0 Å². The molecule has 1 aliphatic rings. The van der Waals surface area contributed by atoms with Crippen LogP contribution < -0.4 is 5.32 Å². The van der Waals surface area contributed by atoms with Crippen molar-refractivity contribution in [2.75, 3.05) is 13.1 Å². The van der Waals surface area contributed by atoms with E-state index in [0.29, 0.717) is 5.92 Å². The molecule has 2 amide bonds. The molecule has 1 saturated heterocycles. The number of urea groups is 1. The Morgan fingerprint density at radius 1 is 1.32 bits per heavy atom. The van der Waals surface area contributed by atoms with Crippen LogP contribution in [0.4, 0.5) is 4.79 Å². The summed E-state index contributed by atoms with van der Waals surface area (Å²) in [4.78, 5) is 14.5. The van der Waals surface area contributed by atoms with Gasteiger partial charge in [-0.25, -0.2) is 4.79 Å². The fourth-order valence-electron chi connectivity index (χ4n) is 3.47. The lowest BCUT2D eigenvalue weighted by atomic mass is 9.92. The maximum Gasteiger partial charge on any atom is 0.317 e. The molecule has 2 aromatic heterocycles.